The monoisotopic (exact) mass is 140 g/mol. The molecule has 0 amide bonds. The van der Waals surface area contributed by atoms with E-state index in [2.05, 4.69) is 5.92 Å². The fourth-order valence-electron chi connectivity index (χ4n) is 0.521. The molecule has 0 spiro atoms. The van der Waals surface area contributed by atoms with Crippen LogP contribution in [-0.2, 0) is 0 Å². The fraction of sp³-hybridized carbons (Fsp3) is 0. The third-order valence-electron chi connectivity index (χ3n) is 0.918. The third-order valence-corrected chi connectivity index (χ3v) is 0.918. The molecule has 0 nitrogen and oxygen atoms in total. The Bertz CT molecular complexity index is 196. The zero-order chi connectivity index (χ0) is 5.82. The topological polar surface area (TPSA) is 0 Å². The minimum Gasteiger partial charge on any atom is -0.366 e. The molecular formula is C8H5K. The molecule has 1 rings (SSSR count). The Labute approximate surface area is 98.1 Å². The van der Waals surface area contributed by atoms with Crippen molar-refractivity contribution in [3.8, 4) is 5.92 Å². The Morgan fingerprint density at radius 2 is 1.67 bits per heavy atom. The number of rotatable bonds is 0. The van der Waals surface area contributed by atoms with Crippen LogP contribution >= 0.6 is 0 Å². The van der Waals surface area contributed by atoms with Gasteiger partial charge < -0.3 is 6.42 Å². The molecule has 0 fully saturated rings. The van der Waals surface area contributed by atoms with E-state index in [1.807, 2.05) is 30.3 Å². The second-order valence-electron chi connectivity index (χ2n) is 1.49. The van der Waals surface area contributed by atoms with Crippen LogP contribution in [-0.4, -0.2) is 0 Å². The van der Waals surface area contributed by atoms with Crippen molar-refractivity contribution < 1.29 is 51.4 Å². The van der Waals surface area contributed by atoms with Gasteiger partial charge in [0, 0.05) is 0 Å². The van der Waals surface area contributed by atoms with Crippen molar-refractivity contribution in [2.24, 2.45) is 0 Å². The Balaban J connectivity index is 0.000000640. The van der Waals surface area contributed by atoms with Crippen LogP contribution in [0.5, 0.6) is 0 Å². The Morgan fingerprint density at radius 1 is 1.11 bits per heavy atom. The number of benzene rings is 1. The van der Waals surface area contributed by atoms with E-state index in [-0.39, 0.29) is 51.4 Å². The van der Waals surface area contributed by atoms with Crippen molar-refractivity contribution in [2.45, 2.75) is 0 Å². The predicted octanol–water partition coefficient (Wildman–Crippen LogP) is -1.37. The summed E-state index contributed by atoms with van der Waals surface area (Å²) in [6.07, 6.45) is 6.69. The summed E-state index contributed by atoms with van der Waals surface area (Å²) in [6, 6.07) is 9.37. The molecule has 0 aliphatic carbocycles. The Kier molecular flexibility index (Phi) is 5.46. The molecule has 38 valence electrons. The Morgan fingerprint density at radius 3 is 2.00 bits per heavy atom. The van der Waals surface area contributed by atoms with E-state index in [0.717, 1.165) is 5.56 Å². The molecular weight excluding hydrogens is 135 g/mol. The molecule has 0 bridgehead atoms. The molecule has 0 saturated heterocycles. The molecule has 0 radical (unpaired) electrons. The maximum Gasteiger partial charge on any atom is 1.00 e. The van der Waals surface area contributed by atoms with Gasteiger partial charge in [-0.3, -0.25) is 5.92 Å². The van der Waals surface area contributed by atoms with E-state index in [4.69, 9.17) is 6.42 Å². The van der Waals surface area contributed by atoms with Crippen molar-refractivity contribution in [3.63, 3.8) is 0 Å². The molecule has 0 atom stereocenters. The standard InChI is InChI=1S/C8H5.K/c1-2-8-6-4-3-5-7-8;/h3-7H;/q-1;+1. The summed E-state index contributed by atoms with van der Waals surface area (Å²) >= 11 is 0. The SMILES string of the molecule is [C-]#Cc1ccccc1.[K+]. The minimum atomic E-state index is 0. The largest absolute Gasteiger partial charge is 1.00 e. The van der Waals surface area contributed by atoms with Gasteiger partial charge in [-0.1, -0.05) is 18.2 Å². The van der Waals surface area contributed by atoms with Gasteiger partial charge in [0.05, 0.1) is 0 Å². The second kappa shape index (κ2) is 5.22. The molecule has 1 heteroatoms. The summed E-state index contributed by atoms with van der Waals surface area (Å²) in [4.78, 5) is 0. The Hall–Kier alpha value is 0.416. The zero-order valence-corrected chi connectivity index (χ0v) is 8.51. The minimum absolute atomic E-state index is 0. The summed E-state index contributed by atoms with van der Waals surface area (Å²) in [7, 11) is 0. The maximum atomic E-state index is 6.69. The van der Waals surface area contributed by atoms with E-state index in [1.165, 1.54) is 0 Å². The van der Waals surface area contributed by atoms with Gasteiger partial charge in [-0.25, -0.2) is 0 Å². The summed E-state index contributed by atoms with van der Waals surface area (Å²) < 4.78 is 0. The summed E-state index contributed by atoms with van der Waals surface area (Å²) in [5.41, 5.74) is 0.826. The van der Waals surface area contributed by atoms with Gasteiger partial charge in [-0.15, -0.1) is 17.7 Å². The van der Waals surface area contributed by atoms with Gasteiger partial charge in [0.1, 0.15) is 0 Å². The quantitative estimate of drug-likeness (QED) is 0.237. The number of hydrogen-bond donors (Lipinski definition) is 0. The summed E-state index contributed by atoms with van der Waals surface area (Å²) in [5.74, 6) is 2.28. The molecule has 0 aliphatic rings. The molecule has 0 aliphatic heterocycles. The molecule has 9 heavy (non-hydrogen) atoms. The number of hydrogen-bond acceptors (Lipinski definition) is 0. The molecule has 0 aromatic heterocycles. The van der Waals surface area contributed by atoms with E-state index in [0.29, 0.717) is 0 Å². The zero-order valence-electron chi connectivity index (χ0n) is 5.39. The molecule has 1 aromatic carbocycles. The molecule has 0 saturated carbocycles. The van der Waals surface area contributed by atoms with Crippen molar-refractivity contribution >= 4 is 0 Å². The van der Waals surface area contributed by atoms with Gasteiger partial charge in [-0.05, 0) is 0 Å². The second-order valence-corrected chi connectivity index (χ2v) is 1.49. The fourth-order valence-corrected chi connectivity index (χ4v) is 0.521. The predicted molar refractivity (Wildman–Crippen MR) is 32.7 cm³/mol. The maximum absolute atomic E-state index is 6.69. The van der Waals surface area contributed by atoms with Crippen molar-refractivity contribution in [2.75, 3.05) is 0 Å². The molecule has 0 unspecified atom stereocenters. The van der Waals surface area contributed by atoms with Gasteiger partial charge >= 0.3 is 51.4 Å². The summed E-state index contributed by atoms with van der Waals surface area (Å²) in [5, 5.41) is 0. The average molecular weight is 140 g/mol. The van der Waals surface area contributed by atoms with E-state index < -0.39 is 0 Å². The van der Waals surface area contributed by atoms with E-state index in [9.17, 15) is 0 Å². The van der Waals surface area contributed by atoms with Crippen LogP contribution in [0.2, 0.25) is 0 Å². The normalized spacial score (nSPS) is 7.00. The first-order valence-corrected chi connectivity index (χ1v) is 2.41. The van der Waals surface area contributed by atoms with Gasteiger partial charge in [-0.2, -0.15) is 0 Å². The van der Waals surface area contributed by atoms with Crippen LogP contribution in [0.15, 0.2) is 30.3 Å². The van der Waals surface area contributed by atoms with Crippen LogP contribution in [0.3, 0.4) is 0 Å². The first kappa shape index (κ1) is 9.42. The van der Waals surface area contributed by atoms with Gasteiger partial charge in [0.2, 0.25) is 0 Å². The average Bonchev–Trinajstić information content (AvgIpc) is 1.90. The van der Waals surface area contributed by atoms with E-state index >= 15 is 0 Å². The van der Waals surface area contributed by atoms with Crippen LogP contribution in [0, 0.1) is 12.3 Å². The van der Waals surface area contributed by atoms with Gasteiger partial charge in [0.15, 0.2) is 0 Å². The van der Waals surface area contributed by atoms with Crippen molar-refractivity contribution in [1.29, 1.82) is 0 Å². The van der Waals surface area contributed by atoms with Crippen LogP contribution < -0.4 is 51.4 Å². The smallest absolute Gasteiger partial charge is 0.366 e. The third kappa shape index (κ3) is 3.19. The van der Waals surface area contributed by atoms with Gasteiger partial charge in [0.25, 0.3) is 0 Å². The van der Waals surface area contributed by atoms with Crippen molar-refractivity contribution in [1.82, 2.24) is 0 Å². The summed E-state index contributed by atoms with van der Waals surface area (Å²) in [6.45, 7) is 0. The first-order valence-electron chi connectivity index (χ1n) is 2.41. The van der Waals surface area contributed by atoms with Crippen LogP contribution in [0.25, 0.3) is 0 Å². The van der Waals surface area contributed by atoms with E-state index in [1.54, 1.807) is 0 Å². The molecule has 0 heterocycles. The first-order chi connectivity index (χ1) is 3.93. The molecule has 1 aromatic rings. The van der Waals surface area contributed by atoms with Crippen molar-refractivity contribution in [3.05, 3.63) is 42.3 Å². The van der Waals surface area contributed by atoms with Crippen LogP contribution in [0.1, 0.15) is 5.56 Å². The van der Waals surface area contributed by atoms with Crippen LogP contribution in [0.4, 0.5) is 0 Å². The molecule has 0 N–H and O–H groups in total.